The molecule has 0 radical (unpaired) electrons. The first-order chi connectivity index (χ1) is 9.72. The lowest BCUT2D eigenvalue weighted by molar-refractivity contribution is 0.0516. The molecule has 1 unspecified atom stereocenters. The molecule has 1 aliphatic heterocycles. The Labute approximate surface area is 124 Å². The first-order valence-corrected chi connectivity index (χ1v) is 7.86. The van der Waals surface area contributed by atoms with Crippen LogP contribution < -0.4 is 0 Å². The molecule has 20 heavy (non-hydrogen) atoms. The molecule has 1 aliphatic rings. The van der Waals surface area contributed by atoms with Crippen molar-refractivity contribution < 1.29 is 4.74 Å². The van der Waals surface area contributed by atoms with Crippen LogP contribution in [0, 0.1) is 12.8 Å². The number of hydrogen-bond donors (Lipinski definition) is 0. The summed E-state index contributed by atoms with van der Waals surface area (Å²) in [6.45, 7) is 6.18. The number of para-hydroxylation sites is 1. The quantitative estimate of drug-likeness (QED) is 0.797. The van der Waals surface area contributed by atoms with E-state index in [1.54, 1.807) is 0 Å². The molecule has 0 aliphatic carbocycles. The number of rotatable bonds is 3. The predicted molar refractivity (Wildman–Crippen MR) is 82.3 cm³/mol. The highest BCUT2D eigenvalue weighted by molar-refractivity contribution is 6.16. The molecule has 0 N–H and O–H groups in total. The van der Waals surface area contributed by atoms with Gasteiger partial charge in [-0.05, 0) is 44.2 Å². The molecule has 0 saturated carbocycles. The highest BCUT2D eigenvalue weighted by Gasteiger charge is 2.25. The maximum atomic E-state index is 6.13. The molecule has 1 aromatic carbocycles. The Hall–Kier alpha value is -1.06. The van der Waals surface area contributed by atoms with E-state index in [0.29, 0.717) is 17.8 Å². The fourth-order valence-electron chi connectivity index (χ4n) is 3.31. The summed E-state index contributed by atoms with van der Waals surface area (Å²) in [6.07, 6.45) is 2.24. The van der Waals surface area contributed by atoms with E-state index in [0.717, 1.165) is 37.4 Å². The normalized spacial score (nSPS) is 18.6. The minimum Gasteiger partial charge on any atom is -0.381 e. The Balaban J connectivity index is 2.08. The van der Waals surface area contributed by atoms with Gasteiger partial charge in [0, 0.05) is 19.3 Å². The van der Waals surface area contributed by atoms with Crippen LogP contribution in [0.5, 0.6) is 0 Å². The first-order valence-electron chi connectivity index (χ1n) is 7.32. The molecular weight excluding hydrogens is 272 g/mol. The van der Waals surface area contributed by atoms with E-state index < -0.39 is 0 Å². The van der Waals surface area contributed by atoms with Gasteiger partial charge in [0.05, 0.1) is 16.9 Å². The Morgan fingerprint density at radius 2 is 2.15 bits per heavy atom. The van der Waals surface area contributed by atoms with Crippen LogP contribution in [0.1, 0.15) is 37.2 Å². The molecule has 1 fully saturated rings. The molecule has 0 spiro atoms. The van der Waals surface area contributed by atoms with Crippen molar-refractivity contribution >= 4 is 22.6 Å². The van der Waals surface area contributed by atoms with E-state index in [1.165, 1.54) is 11.1 Å². The van der Waals surface area contributed by atoms with Crippen LogP contribution >= 0.6 is 11.6 Å². The molecule has 108 valence electrons. The van der Waals surface area contributed by atoms with Gasteiger partial charge in [0.2, 0.25) is 0 Å². The van der Waals surface area contributed by atoms with Crippen LogP contribution in [0.4, 0.5) is 0 Å². The maximum absolute atomic E-state index is 6.13. The fourth-order valence-corrected chi connectivity index (χ4v) is 3.50. The zero-order valence-electron chi connectivity index (χ0n) is 12.1. The van der Waals surface area contributed by atoms with Crippen molar-refractivity contribution in [2.75, 3.05) is 13.2 Å². The average Bonchev–Trinajstić information content (AvgIpc) is 2.87. The smallest absolute Gasteiger partial charge is 0.125 e. The molecule has 2 aromatic rings. The fraction of sp³-hybridized carbons (Fsp3) is 0.562. The van der Waals surface area contributed by atoms with Crippen molar-refractivity contribution in [3.8, 4) is 0 Å². The number of hydrogen-bond acceptors (Lipinski definition) is 2. The highest BCUT2D eigenvalue weighted by Crippen LogP contribution is 2.33. The molecule has 3 nitrogen and oxygen atoms in total. The Kier molecular flexibility index (Phi) is 3.99. The molecule has 1 saturated heterocycles. The summed E-state index contributed by atoms with van der Waals surface area (Å²) in [6, 6.07) is 6.70. The van der Waals surface area contributed by atoms with Crippen LogP contribution in [0.15, 0.2) is 18.2 Å². The second-order valence-corrected chi connectivity index (χ2v) is 5.93. The van der Waals surface area contributed by atoms with Crippen molar-refractivity contribution in [1.82, 2.24) is 9.55 Å². The first kappa shape index (κ1) is 13.9. The number of ether oxygens (including phenoxy) is 1. The zero-order chi connectivity index (χ0) is 14.1. The van der Waals surface area contributed by atoms with Crippen LogP contribution in [0.3, 0.4) is 0 Å². The maximum Gasteiger partial charge on any atom is 0.125 e. The lowest BCUT2D eigenvalue weighted by atomic mass is 9.92. The number of imidazole rings is 1. The number of alkyl halides is 1. The second-order valence-electron chi connectivity index (χ2n) is 5.66. The summed E-state index contributed by atoms with van der Waals surface area (Å²) in [7, 11) is 0. The standard InChI is InChI=1S/C16H21ClN2O/c1-11-4-3-5-14-16(11)19(15(10-17)18-14)12(2)13-6-8-20-9-7-13/h3-5,12-13H,6-10H2,1-2H3. The number of fused-ring (bicyclic) bond motifs is 1. The Morgan fingerprint density at radius 3 is 2.85 bits per heavy atom. The second kappa shape index (κ2) is 5.74. The van der Waals surface area contributed by atoms with Gasteiger partial charge in [-0.3, -0.25) is 0 Å². The summed E-state index contributed by atoms with van der Waals surface area (Å²) in [5, 5.41) is 0. The van der Waals surface area contributed by atoms with Gasteiger partial charge in [0.25, 0.3) is 0 Å². The molecule has 1 atom stereocenters. The minimum absolute atomic E-state index is 0.416. The number of nitrogens with zero attached hydrogens (tertiary/aromatic N) is 2. The Bertz CT molecular complexity index is 602. The molecule has 2 heterocycles. The summed E-state index contributed by atoms with van der Waals surface area (Å²) >= 11 is 6.13. The number of aromatic nitrogens is 2. The summed E-state index contributed by atoms with van der Waals surface area (Å²) < 4.78 is 7.84. The van der Waals surface area contributed by atoms with Gasteiger partial charge in [-0.25, -0.2) is 4.98 Å². The van der Waals surface area contributed by atoms with Gasteiger partial charge in [0.15, 0.2) is 0 Å². The summed E-state index contributed by atoms with van der Waals surface area (Å²) in [4.78, 5) is 4.71. The third-order valence-corrected chi connectivity index (χ3v) is 4.70. The van der Waals surface area contributed by atoms with Crippen molar-refractivity contribution in [2.45, 2.75) is 38.6 Å². The van der Waals surface area contributed by atoms with Crippen LogP contribution in [-0.2, 0) is 10.6 Å². The molecular formula is C16H21ClN2O. The number of benzene rings is 1. The monoisotopic (exact) mass is 292 g/mol. The summed E-state index contributed by atoms with van der Waals surface area (Å²) in [5.41, 5.74) is 3.56. The molecule has 1 aromatic heterocycles. The highest BCUT2D eigenvalue weighted by atomic mass is 35.5. The van der Waals surface area contributed by atoms with Gasteiger partial charge >= 0.3 is 0 Å². The predicted octanol–water partition coefficient (Wildman–Crippen LogP) is 4.07. The topological polar surface area (TPSA) is 27.1 Å². The number of halogens is 1. The van der Waals surface area contributed by atoms with E-state index in [4.69, 9.17) is 21.3 Å². The van der Waals surface area contributed by atoms with E-state index in [9.17, 15) is 0 Å². The van der Waals surface area contributed by atoms with Crippen molar-refractivity contribution in [3.63, 3.8) is 0 Å². The van der Waals surface area contributed by atoms with E-state index >= 15 is 0 Å². The van der Waals surface area contributed by atoms with Crippen LogP contribution in [-0.4, -0.2) is 22.8 Å². The third kappa shape index (κ3) is 2.33. The van der Waals surface area contributed by atoms with Crippen LogP contribution in [0.25, 0.3) is 11.0 Å². The molecule has 3 rings (SSSR count). The van der Waals surface area contributed by atoms with Gasteiger partial charge < -0.3 is 9.30 Å². The van der Waals surface area contributed by atoms with E-state index in [-0.39, 0.29) is 0 Å². The SMILES string of the molecule is Cc1cccc2nc(CCl)n(C(C)C3CCOCC3)c12. The van der Waals surface area contributed by atoms with Gasteiger partial charge in [-0.1, -0.05) is 12.1 Å². The average molecular weight is 293 g/mol. The summed E-state index contributed by atoms with van der Waals surface area (Å²) in [5.74, 6) is 2.08. The zero-order valence-corrected chi connectivity index (χ0v) is 12.9. The van der Waals surface area contributed by atoms with Crippen LogP contribution in [0.2, 0.25) is 0 Å². The minimum atomic E-state index is 0.416. The Morgan fingerprint density at radius 1 is 1.40 bits per heavy atom. The molecule has 0 bridgehead atoms. The third-order valence-electron chi connectivity index (χ3n) is 4.46. The van der Waals surface area contributed by atoms with Gasteiger partial charge in [-0.2, -0.15) is 0 Å². The largest absolute Gasteiger partial charge is 0.381 e. The van der Waals surface area contributed by atoms with Crippen molar-refractivity contribution in [2.24, 2.45) is 5.92 Å². The van der Waals surface area contributed by atoms with E-state index in [2.05, 4.69) is 36.6 Å². The van der Waals surface area contributed by atoms with E-state index in [1.807, 2.05) is 0 Å². The molecule has 0 amide bonds. The van der Waals surface area contributed by atoms with Crippen molar-refractivity contribution in [1.29, 1.82) is 0 Å². The molecule has 4 heteroatoms. The lowest BCUT2D eigenvalue weighted by Crippen LogP contribution is -2.25. The van der Waals surface area contributed by atoms with Gasteiger partial charge in [0.1, 0.15) is 5.82 Å². The van der Waals surface area contributed by atoms with Crippen molar-refractivity contribution in [3.05, 3.63) is 29.6 Å². The van der Waals surface area contributed by atoms with Gasteiger partial charge in [-0.15, -0.1) is 11.6 Å². The number of aryl methyl sites for hydroxylation is 1. The lowest BCUT2D eigenvalue weighted by Gasteiger charge is -2.30.